The molecule has 7 nitrogen and oxygen atoms in total. The zero-order valence-corrected chi connectivity index (χ0v) is 21.1. The van der Waals surface area contributed by atoms with E-state index in [1.807, 2.05) is 6.07 Å². The Kier molecular flexibility index (Phi) is 6.89. The van der Waals surface area contributed by atoms with Crippen molar-refractivity contribution in [3.63, 3.8) is 0 Å². The van der Waals surface area contributed by atoms with Crippen molar-refractivity contribution in [2.24, 2.45) is 4.74 Å². The molecule has 0 bridgehead atoms. The number of nitrogens with zero attached hydrogens (tertiary/aromatic N) is 4. The number of halogens is 2. The highest BCUT2D eigenvalue weighted by Gasteiger charge is 2.62. The summed E-state index contributed by atoms with van der Waals surface area (Å²) < 4.78 is 25.6. The van der Waals surface area contributed by atoms with E-state index in [0.29, 0.717) is 22.7 Å². The van der Waals surface area contributed by atoms with Gasteiger partial charge in [0.05, 0.1) is 18.5 Å². The molecule has 1 aliphatic rings. The average Bonchev–Trinajstić information content (AvgIpc) is 2.83. The highest BCUT2D eigenvalue weighted by molar-refractivity contribution is 8.21. The summed E-state index contributed by atoms with van der Waals surface area (Å²) >= 11 is 13.5. The first-order valence-corrected chi connectivity index (χ1v) is 15.0. The number of benzene rings is 3. The first-order valence-electron chi connectivity index (χ1n) is 9.95. The molecule has 0 radical (unpaired) electrons. The molecule has 3 aromatic carbocycles. The molecule has 0 saturated carbocycles. The maximum atomic E-state index is 13.6. The SMILES string of the molecule is COc1ccc(/C=C(\C#N)C(=O)N=P2(Cl)N(c3ccccc3)P(=O)(Cl)N2c2ccccc2)cc1. The van der Waals surface area contributed by atoms with Gasteiger partial charge >= 0.3 is 6.80 Å². The number of hydrogen-bond acceptors (Lipinski definition) is 4. The number of para-hydroxylation sites is 2. The molecule has 34 heavy (non-hydrogen) atoms. The Bertz CT molecular complexity index is 1340. The van der Waals surface area contributed by atoms with Gasteiger partial charge in [0.1, 0.15) is 17.4 Å². The van der Waals surface area contributed by atoms with Gasteiger partial charge < -0.3 is 4.74 Å². The quantitative estimate of drug-likeness (QED) is 0.191. The molecule has 1 fully saturated rings. The number of rotatable bonds is 5. The van der Waals surface area contributed by atoms with Crippen LogP contribution in [-0.2, 0) is 9.36 Å². The van der Waals surface area contributed by atoms with Crippen molar-refractivity contribution in [3.8, 4) is 11.8 Å². The molecule has 1 heterocycles. The Labute approximate surface area is 207 Å². The van der Waals surface area contributed by atoms with Gasteiger partial charge in [0.25, 0.3) is 12.6 Å². The standard InChI is InChI=1S/C23H18Cl2N4O3P2/c1-32-22-14-12-18(13-15-22)16-19(17-26)23(30)27-33(24)28(20-8-4-2-5-9-20)34(25,31)29(33)21-10-6-3-7-11-21/h2-16H,1H3/b19-16+. The van der Waals surface area contributed by atoms with Crippen molar-refractivity contribution in [3.05, 3.63) is 96.1 Å². The first-order chi connectivity index (χ1) is 16.3. The predicted molar refractivity (Wildman–Crippen MR) is 138 cm³/mol. The van der Waals surface area contributed by atoms with E-state index in [4.69, 9.17) is 27.2 Å². The lowest BCUT2D eigenvalue weighted by molar-refractivity contribution is -0.113. The van der Waals surface area contributed by atoms with Crippen LogP contribution in [0.5, 0.6) is 5.75 Å². The fourth-order valence-corrected chi connectivity index (χ4v) is 14.0. The highest BCUT2D eigenvalue weighted by Crippen LogP contribution is 2.92. The Morgan fingerprint density at radius 2 is 1.44 bits per heavy atom. The maximum absolute atomic E-state index is 13.6. The van der Waals surface area contributed by atoms with Crippen LogP contribution in [0.3, 0.4) is 0 Å². The van der Waals surface area contributed by atoms with Crippen molar-refractivity contribution in [1.82, 2.24) is 0 Å². The van der Waals surface area contributed by atoms with E-state index < -0.39 is 19.4 Å². The van der Waals surface area contributed by atoms with E-state index in [1.165, 1.54) is 15.0 Å². The molecule has 0 aliphatic carbocycles. The second-order valence-corrected chi connectivity index (χ2v) is 14.1. The van der Waals surface area contributed by atoms with Crippen molar-refractivity contribution in [2.75, 3.05) is 16.0 Å². The van der Waals surface area contributed by atoms with Crippen LogP contribution < -0.4 is 13.6 Å². The monoisotopic (exact) mass is 530 g/mol. The molecule has 0 spiro atoms. The maximum Gasteiger partial charge on any atom is 0.365 e. The number of anilines is 2. The molecule has 172 valence electrons. The Morgan fingerprint density at radius 1 is 0.941 bits per heavy atom. The molecule has 4 rings (SSSR count). The summed E-state index contributed by atoms with van der Waals surface area (Å²) in [4.78, 5) is 13.2. The summed E-state index contributed by atoms with van der Waals surface area (Å²) in [6, 6.07) is 26.0. The lowest BCUT2D eigenvalue weighted by atomic mass is 10.1. The van der Waals surface area contributed by atoms with Crippen LogP contribution in [0.25, 0.3) is 6.08 Å². The minimum absolute atomic E-state index is 0.220. The second kappa shape index (κ2) is 9.70. The molecule has 3 aromatic rings. The van der Waals surface area contributed by atoms with Crippen LogP contribution >= 0.6 is 36.0 Å². The van der Waals surface area contributed by atoms with Gasteiger partial charge in [-0.3, -0.25) is 9.36 Å². The summed E-state index contributed by atoms with van der Waals surface area (Å²) in [5.74, 6) is -0.193. The number of hydrogen-bond donors (Lipinski definition) is 0. The zero-order chi connectivity index (χ0) is 24.3. The third-order valence-electron chi connectivity index (χ3n) is 4.92. The molecule has 1 saturated heterocycles. The van der Waals surface area contributed by atoms with Gasteiger partial charge in [-0.05, 0) is 70.5 Å². The fourth-order valence-electron chi connectivity index (χ4n) is 3.37. The summed E-state index contributed by atoms with van der Waals surface area (Å²) in [6.07, 6.45) is 1.41. The average molecular weight is 531 g/mol. The summed E-state index contributed by atoms with van der Waals surface area (Å²) in [5, 5.41) is 9.65. The Balaban J connectivity index is 1.81. The number of ether oxygens (including phenoxy) is 1. The lowest BCUT2D eigenvalue weighted by Crippen LogP contribution is -2.38. The third-order valence-corrected chi connectivity index (χ3v) is 14.4. The van der Waals surface area contributed by atoms with Crippen molar-refractivity contribution < 1.29 is 14.1 Å². The summed E-state index contributed by atoms with van der Waals surface area (Å²) in [5.41, 5.74) is 1.32. The van der Waals surface area contributed by atoms with Crippen LogP contribution in [0.15, 0.2) is 95.2 Å². The molecule has 0 N–H and O–H groups in total. The molecule has 0 atom stereocenters. The number of carbonyl (C=O) groups excluding carboxylic acids is 1. The number of nitriles is 1. The first kappa shape index (κ1) is 24.1. The van der Waals surface area contributed by atoms with E-state index >= 15 is 0 Å². The Hall–Kier alpha value is -3.00. The molecule has 11 heteroatoms. The van der Waals surface area contributed by atoms with Gasteiger partial charge in [0.15, 0.2) is 0 Å². The van der Waals surface area contributed by atoms with Gasteiger partial charge in [0, 0.05) is 0 Å². The number of amides is 1. The lowest BCUT2D eigenvalue weighted by Gasteiger charge is -2.54. The molecule has 0 aromatic heterocycles. The van der Waals surface area contributed by atoms with E-state index in [1.54, 1.807) is 92.0 Å². The van der Waals surface area contributed by atoms with E-state index in [-0.39, 0.29) is 5.57 Å². The minimum atomic E-state index is -3.73. The second-order valence-electron chi connectivity index (χ2n) is 7.07. The summed E-state index contributed by atoms with van der Waals surface area (Å²) in [7, 11) is 1.54. The Morgan fingerprint density at radius 3 is 1.88 bits per heavy atom. The third kappa shape index (κ3) is 4.39. The highest BCUT2D eigenvalue weighted by atomic mass is 35.7. The van der Waals surface area contributed by atoms with Crippen LogP contribution in [-0.4, -0.2) is 13.0 Å². The van der Waals surface area contributed by atoms with Gasteiger partial charge in [-0.25, -0.2) is 8.88 Å². The van der Waals surface area contributed by atoms with Gasteiger partial charge in [0.2, 0.25) is 0 Å². The molecular formula is C23H18Cl2N4O3P2. The van der Waals surface area contributed by atoms with Crippen LogP contribution in [0.2, 0.25) is 0 Å². The van der Waals surface area contributed by atoms with Crippen LogP contribution in [0.1, 0.15) is 5.56 Å². The largest absolute Gasteiger partial charge is 0.497 e. The van der Waals surface area contributed by atoms with E-state index in [9.17, 15) is 14.6 Å². The van der Waals surface area contributed by atoms with Crippen molar-refractivity contribution in [1.29, 1.82) is 5.26 Å². The number of carbonyl (C=O) groups is 1. The fraction of sp³-hybridized carbons (Fsp3) is 0.0435. The van der Waals surface area contributed by atoms with Crippen LogP contribution in [0.4, 0.5) is 11.4 Å². The normalized spacial score (nSPS) is 21.9. The van der Waals surface area contributed by atoms with Crippen molar-refractivity contribution >= 4 is 59.3 Å². The van der Waals surface area contributed by atoms with Gasteiger partial charge in [-0.15, -0.1) is 0 Å². The molecule has 1 aliphatic heterocycles. The molecular weight excluding hydrogens is 513 g/mol. The van der Waals surface area contributed by atoms with Gasteiger partial charge in [-0.2, -0.15) is 10.0 Å². The van der Waals surface area contributed by atoms with E-state index in [2.05, 4.69) is 4.74 Å². The van der Waals surface area contributed by atoms with E-state index in [0.717, 1.165) is 0 Å². The minimum Gasteiger partial charge on any atom is -0.497 e. The summed E-state index contributed by atoms with van der Waals surface area (Å²) in [6.45, 7) is -7.19. The molecule has 1 amide bonds. The van der Waals surface area contributed by atoms with Gasteiger partial charge in [-0.1, -0.05) is 48.5 Å². The predicted octanol–water partition coefficient (Wildman–Crippen LogP) is 7.69. The smallest absolute Gasteiger partial charge is 0.365 e. The van der Waals surface area contributed by atoms with Crippen LogP contribution in [0, 0.1) is 11.3 Å². The zero-order valence-electron chi connectivity index (χ0n) is 17.8. The topological polar surface area (TPSA) is 86.0 Å². The molecule has 0 unspecified atom stereocenters. The van der Waals surface area contributed by atoms with Crippen molar-refractivity contribution in [2.45, 2.75) is 0 Å². The number of methoxy groups -OCH3 is 1.